The van der Waals surface area contributed by atoms with Crippen LogP contribution in [0.3, 0.4) is 0 Å². The molecule has 0 aromatic heterocycles. The van der Waals surface area contributed by atoms with Crippen LogP contribution in [0.15, 0.2) is 60.8 Å². The molecule has 0 aliphatic heterocycles. The monoisotopic (exact) mass is 1060 g/mol. The van der Waals surface area contributed by atoms with Gasteiger partial charge in [-0.1, -0.05) is 287 Å². The predicted molar refractivity (Wildman–Crippen MR) is 330 cm³/mol. The molecule has 76 heavy (non-hydrogen) atoms. The molecule has 442 valence electrons. The first-order chi connectivity index (χ1) is 37.5. The Hall–Kier alpha value is -2.89. The first-order valence-electron chi connectivity index (χ1n) is 33.3. The number of allylic oxidation sites excluding steroid dienone is 10. The van der Waals surface area contributed by atoms with Crippen molar-refractivity contribution >= 4 is 17.9 Å². The fourth-order valence-electron chi connectivity index (χ4n) is 9.74. The Kier molecular flexibility index (Phi) is 62.2. The molecule has 0 aromatic carbocycles. The number of hydrogen-bond donors (Lipinski definition) is 0. The van der Waals surface area contributed by atoms with Gasteiger partial charge in [-0.3, -0.25) is 14.4 Å². The van der Waals surface area contributed by atoms with Gasteiger partial charge in [0.1, 0.15) is 13.2 Å². The first-order valence-corrected chi connectivity index (χ1v) is 33.3. The Labute approximate surface area is 472 Å². The molecular weight excluding hydrogens is 937 g/mol. The zero-order chi connectivity index (χ0) is 55.0. The second-order valence-electron chi connectivity index (χ2n) is 22.3. The summed E-state index contributed by atoms with van der Waals surface area (Å²) >= 11 is 0. The summed E-state index contributed by atoms with van der Waals surface area (Å²) in [6, 6.07) is 0. The largest absolute Gasteiger partial charge is 0.462 e. The molecule has 0 amide bonds. The van der Waals surface area contributed by atoms with Crippen molar-refractivity contribution in [1.29, 1.82) is 0 Å². The quantitative estimate of drug-likeness (QED) is 0.0261. The number of rotatable bonds is 61. The lowest BCUT2D eigenvalue weighted by atomic mass is 10.0. The molecule has 1 atom stereocenters. The minimum absolute atomic E-state index is 0.0842. The number of unbranched alkanes of at least 4 members (excludes halogenated alkanes) is 40. The third-order valence-corrected chi connectivity index (χ3v) is 14.7. The molecule has 0 saturated heterocycles. The van der Waals surface area contributed by atoms with Crippen molar-refractivity contribution < 1.29 is 28.6 Å². The summed E-state index contributed by atoms with van der Waals surface area (Å²) < 4.78 is 16.9. The zero-order valence-corrected chi connectivity index (χ0v) is 50.8. The van der Waals surface area contributed by atoms with Crippen LogP contribution in [0.25, 0.3) is 0 Å². The van der Waals surface area contributed by atoms with Crippen LogP contribution >= 0.6 is 0 Å². The van der Waals surface area contributed by atoms with Crippen LogP contribution in [0, 0.1) is 0 Å². The third kappa shape index (κ3) is 62.0. The Balaban J connectivity index is 4.13. The first kappa shape index (κ1) is 73.1. The summed E-state index contributed by atoms with van der Waals surface area (Å²) in [6.07, 6.45) is 82.6. The topological polar surface area (TPSA) is 78.9 Å². The SMILES string of the molecule is CC/C=C\C/C=C\C/C=C\CCCCCC(=O)OCC(COC(=O)CCCCCCCCCCCCCCCCCCCCC/C=C\CCCCCCCCCC)OC(=O)CCCCCCC/C=C\CCCCCCC. The summed E-state index contributed by atoms with van der Waals surface area (Å²) in [5.41, 5.74) is 0. The van der Waals surface area contributed by atoms with Crippen molar-refractivity contribution in [2.45, 2.75) is 354 Å². The van der Waals surface area contributed by atoms with Crippen LogP contribution in [0.4, 0.5) is 0 Å². The van der Waals surface area contributed by atoms with E-state index in [-0.39, 0.29) is 31.1 Å². The lowest BCUT2D eigenvalue weighted by molar-refractivity contribution is -0.167. The lowest BCUT2D eigenvalue weighted by Crippen LogP contribution is -2.30. The van der Waals surface area contributed by atoms with Crippen molar-refractivity contribution in [3.63, 3.8) is 0 Å². The Bertz CT molecular complexity index is 1360. The van der Waals surface area contributed by atoms with Gasteiger partial charge in [0.15, 0.2) is 6.10 Å². The van der Waals surface area contributed by atoms with Gasteiger partial charge in [0.25, 0.3) is 0 Å². The van der Waals surface area contributed by atoms with Crippen LogP contribution in [0.2, 0.25) is 0 Å². The molecule has 0 bridgehead atoms. The highest BCUT2D eigenvalue weighted by atomic mass is 16.6. The fourth-order valence-corrected chi connectivity index (χ4v) is 9.74. The molecule has 6 nitrogen and oxygen atoms in total. The van der Waals surface area contributed by atoms with E-state index in [9.17, 15) is 14.4 Å². The van der Waals surface area contributed by atoms with E-state index >= 15 is 0 Å². The van der Waals surface area contributed by atoms with E-state index in [0.717, 1.165) is 96.3 Å². The van der Waals surface area contributed by atoms with Crippen molar-refractivity contribution in [3.8, 4) is 0 Å². The second kappa shape index (κ2) is 64.6. The molecule has 0 heterocycles. The van der Waals surface area contributed by atoms with Gasteiger partial charge in [-0.25, -0.2) is 0 Å². The van der Waals surface area contributed by atoms with Crippen LogP contribution in [-0.2, 0) is 28.6 Å². The van der Waals surface area contributed by atoms with Crippen molar-refractivity contribution in [2.75, 3.05) is 13.2 Å². The second-order valence-corrected chi connectivity index (χ2v) is 22.3. The number of carbonyl (C=O) groups is 3. The van der Waals surface area contributed by atoms with E-state index in [1.54, 1.807) is 0 Å². The number of carbonyl (C=O) groups excluding carboxylic acids is 3. The number of esters is 3. The maximum Gasteiger partial charge on any atom is 0.306 e. The van der Waals surface area contributed by atoms with Crippen LogP contribution < -0.4 is 0 Å². The third-order valence-electron chi connectivity index (χ3n) is 14.7. The van der Waals surface area contributed by atoms with E-state index in [2.05, 4.69) is 81.5 Å². The molecule has 0 rings (SSSR count). The van der Waals surface area contributed by atoms with Crippen LogP contribution in [0.5, 0.6) is 0 Å². The number of hydrogen-bond acceptors (Lipinski definition) is 6. The molecule has 0 aromatic rings. The van der Waals surface area contributed by atoms with Gasteiger partial charge in [-0.2, -0.15) is 0 Å². The zero-order valence-electron chi connectivity index (χ0n) is 50.8. The van der Waals surface area contributed by atoms with Crippen molar-refractivity contribution in [3.05, 3.63) is 60.8 Å². The summed E-state index contributed by atoms with van der Waals surface area (Å²) in [5.74, 6) is -0.908. The summed E-state index contributed by atoms with van der Waals surface area (Å²) in [7, 11) is 0. The minimum atomic E-state index is -0.789. The highest BCUT2D eigenvalue weighted by molar-refractivity contribution is 5.71. The molecule has 0 aliphatic rings. The molecule has 0 radical (unpaired) electrons. The molecular formula is C70H126O6. The molecule has 0 aliphatic carbocycles. The molecule has 1 unspecified atom stereocenters. The van der Waals surface area contributed by atoms with Crippen molar-refractivity contribution in [1.82, 2.24) is 0 Å². The average molecular weight is 1060 g/mol. The predicted octanol–water partition coefficient (Wildman–Crippen LogP) is 22.7. The van der Waals surface area contributed by atoms with E-state index in [1.165, 1.54) is 212 Å². The molecule has 0 saturated carbocycles. The van der Waals surface area contributed by atoms with Gasteiger partial charge >= 0.3 is 17.9 Å². The summed E-state index contributed by atoms with van der Waals surface area (Å²) in [4.78, 5) is 38.2. The maximum absolute atomic E-state index is 12.9. The van der Waals surface area contributed by atoms with Crippen molar-refractivity contribution in [2.24, 2.45) is 0 Å². The summed E-state index contributed by atoms with van der Waals surface area (Å²) in [5, 5.41) is 0. The molecule has 0 fully saturated rings. The maximum atomic E-state index is 12.9. The van der Waals surface area contributed by atoms with Gasteiger partial charge in [0.05, 0.1) is 0 Å². The fraction of sp³-hybridized carbons (Fsp3) is 0.814. The summed E-state index contributed by atoms with van der Waals surface area (Å²) in [6.45, 7) is 6.52. The molecule has 0 spiro atoms. The van der Waals surface area contributed by atoms with E-state index < -0.39 is 6.10 Å². The lowest BCUT2D eigenvalue weighted by Gasteiger charge is -2.18. The Morgan fingerprint density at radius 2 is 0.513 bits per heavy atom. The van der Waals surface area contributed by atoms with Gasteiger partial charge in [-0.15, -0.1) is 0 Å². The Morgan fingerprint density at radius 3 is 0.829 bits per heavy atom. The van der Waals surface area contributed by atoms with Crippen LogP contribution in [0.1, 0.15) is 348 Å². The Morgan fingerprint density at radius 1 is 0.276 bits per heavy atom. The van der Waals surface area contributed by atoms with E-state index in [4.69, 9.17) is 14.2 Å². The van der Waals surface area contributed by atoms with Gasteiger partial charge in [0.2, 0.25) is 0 Å². The molecule has 6 heteroatoms. The van der Waals surface area contributed by atoms with Crippen LogP contribution in [-0.4, -0.2) is 37.2 Å². The average Bonchev–Trinajstić information content (AvgIpc) is 3.42. The minimum Gasteiger partial charge on any atom is -0.462 e. The van der Waals surface area contributed by atoms with E-state index in [1.807, 2.05) is 0 Å². The van der Waals surface area contributed by atoms with Gasteiger partial charge in [-0.05, 0) is 103 Å². The normalized spacial score (nSPS) is 12.4. The molecule has 0 N–H and O–H groups in total. The van der Waals surface area contributed by atoms with Gasteiger partial charge < -0.3 is 14.2 Å². The number of ether oxygens (including phenoxy) is 3. The highest BCUT2D eigenvalue weighted by Crippen LogP contribution is 2.17. The van der Waals surface area contributed by atoms with Gasteiger partial charge in [0, 0.05) is 19.3 Å². The van der Waals surface area contributed by atoms with E-state index in [0.29, 0.717) is 19.3 Å². The highest BCUT2D eigenvalue weighted by Gasteiger charge is 2.19. The smallest absolute Gasteiger partial charge is 0.306 e. The standard InChI is InChI=1S/C70H126O6/c1-4-7-10-13-16-19-22-25-27-28-29-30-31-32-33-34-35-36-37-38-39-40-41-42-43-46-48-51-54-57-60-63-69(72)75-66-67(65-74-68(71)62-59-56-53-50-47-44-24-21-18-15-12-9-6-3)76-70(73)64-61-58-55-52-49-45-26-23-20-17-14-11-8-5-2/h9,12,18,21,23,26,28-29,44,47,67H,4-8,10-11,13-17,19-20,22,24-25,27,30-43,45-46,48-66H2,1-3H3/b12-9-,21-18-,26-23-,29-28-,47-44-.